The Kier molecular flexibility index (Phi) is 3.32. The Balaban J connectivity index is 2.17. The molecule has 16 heavy (non-hydrogen) atoms. The van der Waals surface area contributed by atoms with E-state index in [2.05, 4.69) is 0 Å². The normalized spacial score (nSPS) is 12.7. The summed E-state index contributed by atoms with van der Waals surface area (Å²) in [5.74, 6) is 0.754. The molecule has 84 valence electrons. The second-order valence-corrected chi connectivity index (χ2v) is 4.23. The number of aryl methyl sites for hydroxylation is 1. The van der Waals surface area contributed by atoms with Crippen LogP contribution in [0.5, 0.6) is 0 Å². The molecule has 1 N–H and O–H groups in total. The number of furan rings is 1. The molecule has 2 nitrogen and oxygen atoms in total. The van der Waals surface area contributed by atoms with Crippen LogP contribution in [-0.4, -0.2) is 5.11 Å². The third kappa shape index (κ3) is 2.46. The van der Waals surface area contributed by atoms with Crippen molar-refractivity contribution >= 4 is 11.6 Å². The maximum atomic E-state index is 10.0. The van der Waals surface area contributed by atoms with Gasteiger partial charge in [0.15, 0.2) is 0 Å². The van der Waals surface area contributed by atoms with Gasteiger partial charge in [-0.15, -0.1) is 0 Å². The van der Waals surface area contributed by atoms with Crippen molar-refractivity contribution in [3.63, 3.8) is 0 Å². The molecule has 2 aromatic rings. The Hall–Kier alpha value is -1.25. The van der Waals surface area contributed by atoms with E-state index in [1.165, 1.54) is 0 Å². The Bertz CT molecular complexity index is 463. The molecule has 0 saturated heterocycles. The molecule has 1 aromatic carbocycles. The average molecular weight is 237 g/mol. The van der Waals surface area contributed by atoms with E-state index < -0.39 is 6.10 Å². The molecule has 3 heteroatoms. The van der Waals surface area contributed by atoms with Gasteiger partial charge >= 0.3 is 0 Å². The van der Waals surface area contributed by atoms with Crippen LogP contribution in [-0.2, 0) is 6.42 Å². The second kappa shape index (κ2) is 4.73. The molecule has 1 unspecified atom stereocenters. The van der Waals surface area contributed by atoms with Crippen molar-refractivity contribution in [2.45, 2.75) is 19.4 Å². The van der Waals surface area contributed by atoms with Crippen LogP contribution in [0.2, 0.25) is 5.02 Å². The molecule has 0 bridgehead atoms. The number of halogens is 1. The summed E-state index contributed by atoms with van der Waals surface area (Å²) in [6.45, 7) is 1.97. The molecular weight excluding hydrogens is 224 g/mol. The van der Waals surface area contributed by atoms with Gasteiger partial charge in [-0.3, -0.25) is 0 Å². The number of hydrogen-bond donors (Lipinski definition) is 1. The highest BCUT2D eigenvalue weighted by Crippen LogP contribution is 2.26. The topological polar surface area (TPSA) is 33.4 Å². The van der Waals surface area contributed by atoms with E-state index >= 15 is 0 Å². The number of aliphatic hydroxyl groups excluding tert-OH is 1. The van der Waals surface area contributed by atoms with E-state index in [9.17, 15) is 5.11 Å². The molecule has 0 aliphatic heterocycles. The van der Waals surface area contributed by atoms with Crippen LogP contribution in [0.3, 0.4) is 0 Å². The fourth-order valence-electron chi connectivity index (χ4n) is 1.63. The van der Waals surface area contributed by atoms with Gasteiger partial charge in [0, 0.05) is 11.4 Å². The zero-order valence-electron chi connectivity index (χ0n) is 8.98. The summed E-state index contributed by atoms with van der Waals surface area (Å²) in [7, 11) is 0. The largest absolute Gasteiger partial charge is 0.469 e. The molecule has 0 radical (unpaired) electrons. The summed E-state index contributed by atoms with van der Waals surface area (Å²) in [6.07, 6.45) is 1.41. The number of benzene rings is 1. The minimum atomic E-state index is -0.626. The standard InChI is InChI=1S/C13H13ClO2/c1-9-4-5-11(12(14)7-9)13(15)8-10-3-2-6-16-10/h2-7,13,15H,8H2,1H3. The molecule has 0 spiro atoms. The first-order valence-corrected chi connectivity index (χ1v) is 5.51. The molecule has 0 amide bonds. The predicted molar refractivity (Wildman–Crippen MR) is 63.6 cm³/mol. The van der Waals surface area contributed by atoms with Gasteiger partial charge in [0.25, 0.3) is 0 Å². The highest BCUT2D eigenvalue weighted by molar-refractivity contribution is 6.31. The van der Waals surface area contributed by atoms with E-state index in [1.807, 2.05) is 31.2 Å². The Morgan fingerprint density at radius 2 is 2.19 bits per heavy atom. The molecule has 0 aliphatic carbocycles. The van der Waals surface area contributed by atoms with Crippen molar-refractivity contribution < 1.29 is 9.52 Å². The van der Waals surface area contributed by atoms with Crippen molar-refractivity contribution in [2.75, 3.05) is 0 Å². The fourth-order valence-corrected chi connectivity index (χ4v) is 1.99. The Morgan fingerprint density at radius 1 is 1.38 bits per heavy atom. The molecular formula is C13H13ClO2. The van der Waals surface area contributed by atoms with Gasteiger partial charge in [-0.05, 0) is 36.2 Å². The van der Waals surface area contributed by atoms with Crippen LogP contribution < -0.4 is 0 Å². The molecule has 0 fully saturated rings. The summed E-state index contributed by atoms with van der Waals surface area (Å²) in [6, 6.07) is 9.28. The van der Waals surface area contributed by atoms with Gasteiger partial charge in [-0.2, -0.15) is 0 Å². The van der Waals surface area contributed by atoms with E-state index in [0.29, 0.717) is 11.4 Å². The van der Waals surface area contributed by atoms with Crippen molar-refractivity contribution in [1.29, 1.82) is 0 Å². The van der Waals surface area contributed by atoms with Crippen LogP contribution in [0.15, 0.2) is 41.0 Å². The van der Waals surface area contributed by atoms with Crippen LogP contribution in [0.4, 0.5) is 0 Å². The summed E-state index contributed by atoms with van der Waals surface area (Å²) in [5.41, 5.74) is 1.82. The lowest BCUT2D eigenvalue weighted by molar-refractivity contribution is 0.170. The SMILES string of the molecule is Cc1ccc(C(O)Cc2ccco2)c(Cl)c1. The monoisotopic (exact) mass is 236 g/mol. The summed E-state index contributed by atoms with van der Waals surface area (Å²) < 4.78 is 5.19. The summed E-state index contributed by atoms with van der Waals surface area (Å²) in [4.78, 5) is 0. The lowest BCUT2D eigenvalue weighted by atomic mass is 10.0. The van der Waals surface area contributed by atoms with Gasteiger partial charge in [-0.25, -0.2) is 0 Å². The third-order valence-electron chi connectivity index (χ3n) is 2.49. The van der Waals surface area contributed by atoms with Gasteiger partial charge in [0.2, 0.25) is 0 Å². The fraction of sp³-hybridized carbons (Fsp3) is 0.231. The number of rotatable bonds is 3. The smallest absolute Gasteiger partial charge is 0.106 e. The van der Waals surface area contributed by atoms with Gasteiger partial charge in [0.05, 0.1) is 12.4 Å². The lowest BCUT2D eigenvalue weighted by Gasteiger charge is -2.11. The minimum absolute atomic E-state index is 0.440. The highest BCUT2D eigenvalue weighted by atomic mass is 35.5. The molecule has 2 rings (SSSR count). The predicted octanol–water partition coefficient (Wildman–Crippen LogP) is 3.52. The zero-order chi connectivity index (χ0) is 11.5. The van der Waals surface area contributed by atoms with Crippen LogP contribution in [0.1, 0.15) is 23.0 Å². The number of aliphatic hydroxyl groups is 1. The molecule has 0 saturated carbocycles. The molecule has 1 heterocycles. The maximum Gasteiger partial charge on any atom is 0.106 e. The van der Waals surface area contributed by atoms with E-state index in [4.69, 9.17) is 16.0 Å². The van der Waals surface area contributed by atoms with Crippen LogP contribution >= 0.6 is 11.6 Å². The lowest BCUT2D eigenvalue weighted by Crippen LogP contribution is -2.02. The van der Waals surface area contributed by atoms with E-state index in [0.717, 1.165) is 16.9 Å². The quantitative estimate of drug-likeness (QED) is 0.885. The van der Waals surface area contributed by atoms with Crippen LogP contribution in [0.25, 0.3) is 0 Å². The Morgan fingerprint density at radius 3 is 2.81 bits per heavy atom. The zero-order valence-corrected chi connectivity index (χ0v) is 9.74. The first-order valence-electron chi connectivity index (χ1n) is 5.13. The highest BCUT2D eigenvalue weighted by Gasteiger charge is 2.13. The second-order valence-electron chi connectivity index (χ2n) is 3.82. The minimum Gasteiger partial charge on any atom is -0.469 e. The first kappa shape index (κ1) is 11.2. The number of hydrogen-bond acceptors (Lipinski definition) is 2. The molecule has 0 aliphatic rings. The molecule has 1 aromatic heterocycles. The van der Waals surface area contributed by atoms with Gasteiger partial charge < -0.3 is 9.52 Å². The molecule has 1 atom stereocenters. The van der Waals surface area contributed by atoms with Crippen molar-refractivity contribution in [1.82, 2.24) is 0 Å². The van der Waals surface area contributed by atoms with E-state index in [1.54, 1.807) is 12.3 Å². The summed E-state index contributed by atoms with van der Waals surface area (Å²) >= 11 is 6.07. The average Bonchev–Trinajstić information content (AvgIpc) is 2.70. The maximum absolute atomic E-state index is 10.0. The van der Waals surface area contributed by atoms with Gasteiger partial charge in [0.1, 0.15) is 5.76 Å². The van der Waals surface area contributed by atoms with Crippen molar-refractivity contribution in [3.8, 4) is 0 Å². The third-order valence-corrected chi connectivity index (χ3v) is 2.82. The van der Waals surface area contributed by atoms with Crippen LogP contribution in [0, 0.1) is 6.92 Å². The van der Waals surface area contributed by atoms with Crippen molar-refractivity contribution in [2.24, 2.45) is 0 Å². The summed E-state index contributed by atoms with van der Waals surface area (Å²) in [5, 5.41) is 10.6. The van der Waals surface area contributed by atoms with E-state index in [-0.39, 0.29) is 0 Å². The van der Waals surface area contributed by atoms with Crippen molar-refractivity contribution in [3.05, 3.63) is 58.5 Å². The Labute approximate surface area is 99.5 Å². The first-order chi connectivity index (χ1) is 7.66. The van der Waals surface area contributed by atoms with Gasteiger partial charge in [-0.1, -0.05) is 23.7 Å².